The molecule has 0 bridgehead atoms. The van der Waals surface area contributed by atoms with Crippen LogP contribution in [0.4, 0.5) is 11.5 Å². The van der Waals surface area contributed by atoms with Crippen molar-refractivity contribution in [2.75, 3.05) is 38.2 Å². The van der Waals surface area contributed by atoms with Crippen LogP contribution in [0.3, 0.4) is 0 Å². The number of halogens is 2. The number of ether oxygens (including phenoxy) is 1. The summed E-state index contributed by atoms with van der Waals surface area (Å²) in [5.74, 6) is 0.684. The molecule has 2 fully saturated rings. The number of anilines is 1. The van der Waals surface area contributed by atoms with Gasteiger partial charge in [-0.2, -0.15) is 0 Å². The minimum absolute atomic E-state index is 0. The summed E-state index contributed by atoms with van der Waals surface area (Å²) < 4.78 is 5.37. The standard InChI is InChI=1S/C16H23N5O4.2ClH/c17-11-16(4-7-25-8-5-16)15(22)20-6-3-12(10-20)19-14-2-1-13(9-18-14)21(23)24;;/h1-2,9,12H,3-8,10-11,17H2,(H,18,19);2*1H. The van der Waals surface area contributed by atoms with Crippen LogP contribution in [-0.2, 0) is 9.53 Å². The van der Waals surface area contributed by atoms with Gasteiger partial charge in [-0.05, 0) is 25.3 Å². The molecule has 0 aliphatic carbocycles. The van der Waals surface area contributed by atoms with Crippen LogP contribution in [0.2, 0.25) is 0 Å². The third kappa shape index (κ3) is 5.19. The molecule has 3 rings (SSSR count). The lowest BCUT2D eigenvalue weighted by Crippen LogP contribution is -2.50. The van der Waals surface area contributed by atoms with Gasteiger partial charge in [0, 0.05) is 45.0 Å². The third-order valence-electron chi connectivity index (χ3n) is 5.08. The van der Waals surface area contributed by atoms with Crippen molar-refractivity contribution < 1.29 is 14.5 Å². The summed E-state index contributed by atoms with van der Waals surface area (Å²) in [4.78, 5) is 29.1. The third-order valence-corrected chi connectivity index (χ3v) is 5.08. The zero-order chi connectivity index (χ0) is 17.9. The predicted molar refractivity (Wildman–Crippen MR) is 106 cm³/mol. The number of hydrogen-bond acceptors (Lipinski definition) is 7. The number of aromatic nitrogens is 1. The summed E-state index contributed by atoms with van der Waals surface area (Å²) in [6.07, 6.45) is 3.37. The second-order valence-corrected chi connectivity index (χ2v) is 6.64. The Bertz CT molecular complexity index is 640. The van der Waals surface area contributed by atoms with E-state index in [4.69, 9.17) is 10.5 Å². The van der Waals surface area contributed by atoms with Gasteiger partial charge < -0.3 is 20.7 Å². The van der Waals surface area contributed by atoms with Gasteiger partial charge in [-0.25, -0.2) is 4.98 Å². The van der Waals surface area contributed by atoms with Gasteiger partial charge in [0.05, 0.1) is 10.3 Å². The van der Waals surface area contributed by atoms with Gasteiger partial charge >= 0.3 is 0 Å². The van der Waals surface area contributed by atoms with Crippen LogP contribution < -0.4 is 11.1 Å². The largest absolute Gasteiger partial charge is 0.381 e. The van der Waals surface area contributed by atoms with Crippen molar-refractivity contribution in [1.29, 1.82) is 0 Å². The van der Waals surface area contributed by atoms with Gasteiger partial charge in [0.25, 0.3) is 5.69 Å². The van der Waals surface area contributed by atoms with E-state index in [0.29, 0.717) is 51.5 Å². The predicted octanol–water partition coefficient (Wildman–Crippen LogP) is 1.60. The summed E-state index contributed by atoms with van der Waals surface area (Å²) in [7, 11) is 0. The zero-order valence-corrected chi connectivity index (χ0v) is 16.5. The molecule has 1 atom stereocenters. The first kappa shape index (κ1) is 23.4. The first-order valence-corrected chi connectivity index (χ1v) is 8.48. The van der Waals surface area contributed by atoms with Crippen molar-refractivity contribution >= 4 is 42.2 Å². The number of hydrogen-bond donors (Lipinski definition) is 2. The molecule has 1 aromatic rings. The number of nitrogens with two attached hydrogens (primary N) is 1. The normalized spacial score (nSPS) is 20.9. The maximum absolute atomic E-state index is 12.9. The average molecular weight is 422 g/mol. The molecule has 11 heteroatoms. The number of carbonyl (C=O) groups is 1. The van der Waals surface area contributed by atoms with E-state index in [0.717, 1.165) is 6.42 Å². The van der Waals surface area contributed by atoms with Crippen LogP contribution in [0.5, 0.6) is 0 Å². The van der Waals surface area contributed by atoms with Gasteiger partial charge in [-0.15, -0.1) is 24.8 Å². The smallest absolute Gasteiger partial charge is 0.287 e. The molecule has 3 heterocycles. The second-order valence-electron chi connectivity index (χ2n) is 6.64. The van der Waals surface area contributed by atoms with E-state index in [-0.39, 0.29) is 42.5 Å². The molecular formula is C16H25Cl2N5O4. The Balaban J connectivity index is 0.00000182. The number of nitrogens with zero attached hydrogens (tertiary/aromatic N) is 3. The number of nitro groups is 1. The summed E-state index contributed by atoms with van der Waals surface area (Å²) >= 11 is 0. The first-order valence-electron chi connectivity index (χ1n) is 8.48. The van der Waals surface area contributed by atoms with E-state index in [1.807, 2.05) is 4.90 Å². The molecule has 0 radical (unpaired) electrons. The highest BCUT2D eigenvalue weighted by molar-refractivity contribution is 5.85. The molecule has 0 aromatic carbocycles. The molecule has 2 aliphatic heterocycles. The SMILES string of the molecule is Cl.Cl.NCC1(C(=O)N2CCC(Nc3ccc([N+](=O)[O-])cn3)C2)CCOCC1. The van der Waals surface area contributed by atoms with Crippen molar-refractivity contribution in [2.45, 2.75) is 25.3 Å². The van der Waals surface area contributed by atoms with Crippen molar-refractivity contribution in [3.8, 4) is 0 Å². The number of likely N-dealkylation sites (tertiary alicyclic amines) is 1. The molecule has 152 valence electrons. The molecule has 1 unspecified atom stereocenters. The highest BCUT2D eigenvalue weighted by Crippen LogP contribution is 2.33. The topological polar surface area (TPSA) is 124 Å². The highest BCUT2D eigenvalue weighted by Gasteiger charge is 2.43. The lowest BCUT2D eigenvalue weighted by atomic mass is 9.79. The Morgan fingerprint density at radius 3 is 2.67 bits per heavy atom. The minimum atomic E-state index is -0.501. The fourth-order valence-corrected chi connectivity index (χ4v) is 3.45. The van der Waals surface area contributed by atoms with Crippen LogP contribution in [0.15, 0.2) is 18.3 Å². The molecule has 0 saturated carbocycles. The molecule has 9 nitrogen and oxygen atoms in total. The number of carbonyl (C=O) groups excluding carboxylic acids is 1. The van der Waals surface area contributed by atoms with Crippen LogP contribution in [0.1, 0.15) is 19.3 Å². The Hall–Kier alpha value is -1.68. The maximum atomic E-state index is 12.9. The minimum Gasteiger partial charge on any atom is -0.381 e. The molecule has 2 saturated heterocycles. The van der Waals surface area contributed by atoms with Crippen LogP contribution >= 0.6 is 24.8 Å². The van der Waals surface area contributed by atoms with Gasteiger partial charge in [-0.3, -0.25) is 14.9 Å². The van der Waals surface area contributed by atoms with E-state index in [2.05, 4.69) is 10.3 Å². The molecule has 1 aromatic heterocycles. The monoisotopic (exact) mass is 421 g/mol. The fourth-order valence-electron chi connectivity index (χ4n) is 3.45. The number of amides is 1. The molecule has 27 heavy (non-hydrogen) atoms. The van der Waals surface area contributed by atoms with Gasteiger partial charge in [-0.1, -0.05) is 0 Å². The Morgan fingerprint density at radius 1 is 1.41 bits per heavy atom. The van der Waals surface area contributed by atoms with Crippen molar-refractivity contribution in [1.82, 2.24) is 9.88 Å². The van der Waals surface area contributed by atoms with Crippen molar-refractivity contribution in [2.24, 2.45) is 11.1 Å². The van der Waals surface area contributed by atoms with Gasteiger partial charge in [0.1, 0.15) is 12.0 Å². The van der Waals surface area contributed by atoms with E-state index in [1.54, 1.807) is 6.07 Å². The van der Waals surface area contributed by atoms with E-state index >= 15 is 0 Å². The van der Waals surface area contributed by atoms with Crippen LogP contribution in [-0.4, -0.2) is 59.6 Å². The molecule has 2 aliphatic rings. The summed E-state index contributed by atoms with van der Waals surface area (Å²) in [5, 5.41) is 13.9. The summed E-state index contributed by atoms with van der Waals surface area (Å²) in [6.45, 7) is 2.75. The summed E-state index contributed by atoms with van der Waals surface area (Å²) in [5.41, 5.74) is 5.38. The first-order chi connectivity index (χ1) is 12.0. The number of pyridine rings is 1. The van der Waals surface area contributed by atoms with Crippen molar-refractivity contribution in [3.05, 3.63) is 28.4 Å². The Kier molecular flexibility index (Phi) is 8.67. The van der Waals surface area contributed by atoms with E-state index in [1.165, 1.54) is 12.3 Å². The lowest BCUT2D eigenvalue weighted by molar-refractivity contribution is -0.385. The maximum Gasteiger partial charge on any atom is 0.287 e. The fraction of sp³-hybridized carbons (Fsp3) is 0.625. The van der Waals surface area contributed by atoms with Crippen molar-refractivity contribution in [3.63, 3.8) is 0 Å². The Labute approximate surface area is 170 Å². The molecular weight excluding hydrogens is 397 g/mol. The average Bonchev–Trinajstić information content (AvgIpc) is 3.10. The summed E-state index contributed by atoms with van der Waals surface area (Å²) in [6, 6.07) is 3.08. The lowest BCUT2D eigenvalue weighted by Gasteiger charge is -2.37. The molecule has 3 N–H and O–H groups in total. The highest BCUT2D eigenvalue weighted by atomic mass is 35.5. The quantitative estimate of drug-likeness (QED) is 0.546. The molecule has 1 amide bonds. The van der Waals surface area contributed by atoms with Gasteiger partial charge in [0.2, 0.25) is 5.91 Å². The molecule has 0 spiro atoms. The van der Waals surface area contributed by atoms with Gasteiger partial charge in [0.15, 0.2) is 0 Å². The Morgan fingerprint density at radius 2 is 2.11 bits per heavy atom. The zero-order valence-electron chi connectivity index (χ0n) is 14.8. The second kappa shape index (κ2) is 10.0. The van der Waals surface area contributed by atoms with Crippen LogP contribution in [0, 0.1) is 15.5 Å². The van der Waals surface area contributed by atoms with E-state index < -0.39 is 10.3 Å². The van der Waals surface area contributed by atoms with Crippen LogP contribution in [0.25, 0.3) is 0 Å². The number of rotatable bonds is 5. The van der Waals surface area contributed by atoms with E-state index in [9.17, 15) is 14.9 Å². The number of nitrogens with one attached hydrogen (secondary N) is 1.